The highest BCUT2D eigenvalue weighted by Gasteiger charge is 2.48. The van der Waals surface area contributed by atoms with Gasteiger partial charge < -0.3 is 19.5 Å². The number of nitrogens with one attached hydrogen (secondary N) is 1. The molecule has 3 rings (SSSR count). The molecule has 1 N–H and O–H groups in total. The van der Waals surface area contributed by atoms with Gasteiger partial charge in [-0.25, -0.2) is 0 Å². The summed E-state index contributed by atoms with van der Waals surface area (Å²) in [6.07, 6.45) is 2.20. The second kappa shape index (κ2) is 7.64. The van der Waals surface area contributed by atoms with Gasteiger partial charge in [-0.3, -0.25) is 4.79 Å². The average molecular weight is 333 g/mol. The van der Waals surface area contributed by atoms with Gasteiger partial charge in [-0.15, -0.1) is 0 Å². The summed E-state index contributed by atoms with van der Waals surface area (Å²) in [7, 11) is 0. The minimum absolute atomic E-state index is 0.0673. The van der Waals surface area contributed by atoms with E-state index in [9.17, 15) is 4.79 Å². The topological polar surface area (TPSA) is 56.8 Å². The van der Waals surface area contributed by atoms with Crippen LogP contribution in [0.15, 0.2) is 30.3 Å². The number of hydrogen-bond acceptors (Lipinski definition) is 5. The lowest BCUT2D eigenvalue weighted by atomic mass is 9.80. The average Bonchev–Trinajstić information content (AvgIpc) is 3.05. The lowest BCUT2D eigenvalue weighted by Gasteiger charge is -2.41. The third-order valence-corrected chi connectivity index (χ3v) is 5.02. The van der Waals surface area contributed by atoms with E-state index in [1.54, 1.807) is 0 Å². The number of ether oxygens (including phenoxy) is 3. The van der Waals surface area contributed by atoms with Crippen molar-refractivity contribution in [1.29, 1.82) is 0 Å². The fourth-order valence-corrected chi connectivity index (χ4v) is 3.77. The zero-order valence-electron chi connectivity index (χ0n) is 14.5. The summed E-state index contributed by atoms with van der Waals surface area (Å²) in [5, 5.41) is 3.62. The first kappa shape index (κ1) is 17.4. The largest absolute Gasteiger partial charge is 0.466 e. The van der Waals surface area contributed by atoms with Gasteiger partial charge in [0.25, 0.3) is 0 Å². The Bertz CT molecular complexity index is 542. The fraction of sp³-hybridized carbons (Fsp3) is 0.632. The van der Waals surface area contributed by atoms with Crippen molar-refractivity contribution in [2.45, 2.75) is 51.0 Å². The number of esters is 1. The Kier molecular flexibility index (Phi) is 5.54. The number of hydrogen-bond donors (Lipinski definition) is 1. The molecule has 1 aromatic rings. The van der Waals surface area contributed by atoms with E-state index in [2.05, 4.69) is 24.4 Å². The maximum absolute atomic E-state index is 12.5. The molecule has 132 valence electrons. The molecule has 1 spiro atoms. The van der Waals surface area contributed by atoms with Crippen molar-refractivity contribution in [2.75, 3.05) is 19.8 Å². The Morgan fingerprint density at radius 2 is 2.04 bits per heavy atom. The lowest BCUT2D eigenvalue weighted by molar-refractivity contribution is -0.199. The molecule has 1 unspecified atom stereocenters. The summed E-state index contributed by atoms with van der Waals surface area (Å²) >= 11 is 0. The first-order valence-electron chi connectivity index (χ1n) is 8.89. The molecular weight excluding hydrogens is 306 g/mol. The Balaban J connectivity index is 1.71. The van der Waals surface area contributed by atoms with Crippen LogP contribution < -0.4 is 5.32 Å². The van der Waals surface area contributed by atoms with Gasteiger partial charge >= 0.3 is 5.97 Å². The number of carbonyl (C=O) groups excluding carboxylic acids is 1. The highest BCUT2D eigenvalue weighted by Crippen LogP contribution is 2.40. The van der Waals surface area contributed by atoms with E-state index in [1.165, 1.54) is 5.56 Å². The molecule has 1 aliphatic carbocycles. The van der Waals surface area contributed by atoms with Gasteiger partial charge in [-0.1, -0.05) is 30.3 Å². The van der Waals surface area contributed by atoms with Crippen LogP contribution >= 0.6 is 0 Å². The van der Waals surface area contributed by atoms with Crippen LogP contribution in [-0.2, 0) is 19.0 Å². The second-order valence-corrected chi connectivity index (χ2v) is 6.61. The summed E-state index contributed by atoms with van der Waals surface area (Å²) in [6, 6.07) is 10.5. The molecule has 1 heterocycles. The Morgan fingerprint density at radius 1 is 1.33 bits per heavy atom. The molecule has 1 saturated heterocycles. The standard InChI is InChI=1S/C19H27NO4/c1-3-22-18(21)16-13-19(23-11-12-24-19)10-9-17(16)20-14(2)15-7-5-4-6-8-15/h4-8,14,16-17,20H,3,9-13H2,1-2H3/t14?,16-,17+/m0/s1. The Morgan fingerprint density at radius 3 is 2.71 bits per heavy atom. The summed E-state index contributed by atoms with van der Waals surface area (Å²) in [6.45, 7) is 5.58. The van der Waals surface area contributed by atoms with E-state index >= 15 is 0 Å². The van der Waals surface area contributed by atoms with Gasteiger partial charge in [0.2, 0.25) is 0 Å². The van der Waals surface area contributed by atoms with Crippen LogP contribution in [0.25, 0.3) is 0 Å². The zero-order chi connectivity index (χ0) is 17.0. The van der Waals surface area contributed by atoms with Crippen LogP contribution in [0.3, 0.4) is 0 Å². The molecule has 1 aliphatic heterocycles. The summed E-state index contributed by atoms with van der Waals surface area (Å²) in [5.41, 5.74) is 1.22. The third-order valence-electron chi connectivity index (χ3n) is 5.02. The molecule has 0 bridgehead atoms. The molecule has 3 atom stereocenters. The maximum atomic E-state index is 12.5. The highest BCUT2D eigenvalue weighted by atomic mass is 16.7. The SMILES string of the molecule is CCOC(=O)[C@H]1CC2(CC[C@H]1NC(C)c1ccccc1)OCCO2. The second-order valence-electron chi connectivity index (χ2n) is 6.61. The van der Waals surface area contributed by atoms with Crippen molar-refractivity contribution < 1.29 is 19.0 Å². The van der Waals surface area contributed by atoms with Crippen LogP contribution in [0.1, 0.15) is 44.7 Å². The van der Waals surface area contributed by atoms with Gasteiger partial charge in [0.05, 0.1) is 25.7 Å². The summed E-state index contributed by atoms with van der Waals surface area (Å²) in [5.74, 6) is -0.998. The van der Waals surface area contributed by atoms with Crippen LogP contribution in [0.2, 0.25) is 0 Å². The highest BCUT2D eigenvalue weighted by molar-refractivity contribution is 5.73. The van der Waals surface area contributed by atoms with E-state index in [-0.39, 0.29) is 24.0 Å². The molecule has 5 nitrogen and oxygen atoms in total. The van der Waals surface area contributed by atoms with Crippen LogP contribution in [0.4, 0.5) is 0 Å². The van der Waals surface area contributed by atoms with E-state index in [4.69, 9.17) is 14.2 Å². The molecule has 0 aromatic heterocycles. The van der Waals surface area contributed by atoms with E-state index in [0.29, 0.717) is 26.2 Å². The predicted molar refractivity (Wildman–Crippen MR) is 90.4 cm³/mol. The lowest BCUT2D eigenvalue weighted by Crippen LogP contribution is -2.51. The quantitative estimate of drug-likeness (QED) is 0.840. The summed E-state index contributed by atoms with van der Waals surface area (Å²) in [4.78, 5) is 12.5. The Labute approximate surface area is 143 Å². The van der Waals surface area contributed by atoms with Gasteiger partial charge in [-0.05, 0) is 25.8 Å². The minimum atomic E-state index is -0.592. The van der Waals surface area contributed by atoms with E-state index < -0.39 is 5.79 Å². The smallest absolute Gasteiger partial charge is 0.310 e. The molecular formula is C19H27NO4. The molecule has 24 heavy (non-hydrogen) atoms. The molecule has 2 fully saturated rings. The molecule has 2 aliphatic rings. The van der Waals surface area contributed by atoms with Gasteiger partial charge in [0.15, 0.2) is 5.79 Å². The van der Waals surface area contributed by atoms with E-state index in [0.717, 1.165) is 12.8 Å². The fourth-order valence-electron chi connectivity index (χ4n) is 3.77. The molecule has 1 aromatic carbocycles. The van der Waals surface area contributed by atoms with Gasteiger partial charge in [0.1, 0.15) is 0 Å². The van der Waals surface area contributed by atoms with Gasteiger partial charge in [0, 0.05) is 24.9 Å². The first-order chi connectivity index (χ1) is 11.6. The molecule has 1 saturated carbocycles. The van der Waals surface area contributed by atoms with Crippen molar-refractivity contribution in [2.24, 2.45) is 5.92 Å². The Hall–Kier alpha value is -1.43. The van der Waals surface area contributed by atoms with Crippen molar-refractivity contribution in [3.8, 4) is 0 Å². The minimum Gasteiger partial charge on any atom is -0.466 e. The van der Waals surface area contributed by atoms with Crippen LogP contribution in [0.5, 0.6) is 0 Å². The van der Waals surface area contributed by atoms with Crippen LogP contribution in [-0.4, -0.2) is 37.6 Å². The van der Waals surface area contributed by atoms with Crippen molar-refractivity contribution in [3.05, 3.63) is 35.9 Å². The van der Waals surface area contributed by atoms with Crippen LogP contribution in [0, 0.1) is 5.92 Å². The monoisotopic (exact) mass is 333 g/mol. The maximum Gasteiger partial charge on any atom is 0.310 e. The van der Waals surface area contributed by atoms with Gasteiger partial charge in [-0.2, -0.15) is 0 Å². The number of rotatable bonds is 5. The number of carbonyl (C=O) groups is 1. The normalized spacial score (nSPS) is 27.1. The molecule has 0 radical (unpaired) electrons. The third kappa shape index (κ3) is 3.79. The van der Waals surface area contributed by atoms with Crippen molar-refractivity contribution in [1.82, 2.24) is 5.32 Å². The van der Waals surface area contributed by atoms with Crippen molar-refractivity contribution in [3.63, 3.8) is 0 Å². The summed E-state index contributed by atoms with van der Waals surface area (Å²) < 4.78 is 17.0. The van der Waals surface area contributed by atoms with E-state index in [1.807, 2.05) is 25.1 Å². The first-order valence-corrected chi connectivity index (χ1v) is 8.89. The predicted octanol–water partition coefficient (Wildman–Crippen LogP) is 2.81. The van der Waals surface area contributed by atoms with Crippen molar-refractivity contribution >= 4 is 5.97 Å². The molecule has 0 amide bonds. The molecule has 5 heteroatoms. The zero-order valence-corrected chi connectivity index (χ0v) is 14.5. The number of benzene rings is 1.